The first kappa shape index (κ1) is 11.3. The average Bonchev–Trinajstić information content (AvgIpc) is 2.28. The van der Waals surface area contributed by atoms with E-state index in [4.69, 9.17) is 5.11 Å². The molecule has 0 aliphatic heterocycles. The third-order valence-electron chi connectivity index (χ3n) is 2.37. The van der Waals surface area contributed by atoms with E-state index in [1.165, 1.54) is 6.33 Å². The molecule has 0 aliphatic carbocycles. The maximum Gasteiger partial charge on any atom is 0.309 e. The summed E-state index contributed by atoms with van der Waals surface area (Å²) in [5, 5.41) is 8.71. The molecule has 0 radical (unpaired) electrons. The molecule has 0 fully saturated rings. The fraction of sp³-hybridized carbons (Fsp3) is 0.154. The topological polar surface area (TPSA) is 63.1 Å². The lowest BCUT2D eigenvalue weighted by Crippen LogP contribution is -2.03. The average molecular weight is 228 g/mol. The zero-order valence-corrected chi connectivity index (χ0v) is 9.42. The minimum absolute atomic E-state index is 0.0820. The van der Waals surface area contributed by atoms with Gasteiger partial charge in [-0.15, -0.1) is 0 Å². The number of hydrogen-bond acceptors (Lipinski definition) is 3. The molecule has 0 amide bonds. The van der Waals surface area contributed by atoms with Crippen LogP contribution < -0.4 is 0 Å². The fourth-order valence-corrected chi connectivity index (χ4v) is 1.61. The van der Waals surface area contributed by atoms with E-state index >= 15 is 0 Å². The summed E-state index contributed by atoms with van der Waals surface area (Å²) in [6.45, 7) is 2.00. The van der Waals surface area contributed by atoms with Gasteiger partial charge < -0.3 is 5.11 Å². The Morgan fingerprint density at radius 2 is 2.12 bits per heavy atom. The van der Waals surface area contributed by atoms with Gasteiger partial charge in [0.25, 0.3) is 0 Å². The SMILES string of the molecule is Cc1cccc(-c2cc(CC(=O)O)ncn2)c1. The van der Waals surface area contributed by atoms with Crippen LogP contribution in [0.5, 0.6) is 0 Å². The van der Waals surface area contributed by atoms with Crippen molar-refractivity contribution in [2.45, 2.75) is 13.3 Å². The van der Waals surface area contributed by atoms with E-state index in [9.17, 15) is 4.79 Å². The Labute approximate surface area is 99.0 Å². The molecule has 86 valence electrons. The molecule has 0 aliphatic rings. The summed E-state index contributed by atoms with van der Waals surface area (Å²) in [6, 6.07) is 9.61. The van der Waals surface area contributed by atoms with Crippen LogP contribution in [0.15, 0.2) is 36.7 Å². The zero-order chi connectivity index (χ0) is 12.3. The predicted octanol–water partition coefficient (Wildman–Crippen LogP) is 2.08. The van der Waals surface area contributed by atoms with Gasteiger partial charge >= 0.3 is 5.97 Å². The van der Waals surface area contributed by atoms with Crippen molar-refractivity contribution in [3.8, 4) is 11.3 Å². The lowest BCUT2D eigenvalue weighted by molar-refractivity contribution is -0.136. The molecule has 0 unspecified atom stereocenters. The number of hydrogen-bond donors (Lipinski definition) is 1. The Morgan fingerprint density at radius 3 is 2.82 bits per heavy atom. The highest BCUT2D eigenvalue weighted by atomic mass is 16.4. The Morgan fingerprint density at radius 1 is 1.29 bits per heavy atom. The Hall–Kier alpha value is -2.23. The smallest absolute Gasteiger partial charge is 0.309 e. The number of rotatable bonds is 3. The highest BCUT2D eigenvalue weighted by Gasteiger charge is 2.05. The van der Waals surface area contributed by atoms with Gasteiger partial charge in [0.2, 0.25) is 0 Å². The summed E-state index contributed by atoms with van der Waals surface area (Å²) in [4.78, 5) is 18.7. The number of aryl methyl sites for hydroxylation is 1. The minimum atomic E-state index is -0.890. The summed E-state index contributed by atoms with van der Waals surface area (Å²) >= 11 is 0. The predicted molar refractivity (Wildman–Crippen MR) is 63.5 cm³/mol. The maximum absolute atomic E-state index is 10.6. The molecule has 17 heavy (non-hydrogen) atoms. The lowest BCUT2D eigenvalue weighted by atomic mass is 10.1. The number of nitrogens with zero attached hydrogens (tertiary/aromatic N) is 2. The molecule has 2 rings (SSSR count). The molecule has 1 aromatic heterocycles. The first-order valence-corrected chi connectivity index (χ1v) is 5.25. The molecule has 4 heteroatoms. The Balaban J connectivity index is 2.36. The van der Waals surface area contributed by atoms with Crippen LogP contribution in [0, 0.1) is 6.92 Å². The highest BCUT2D eigenvalue weighted by molar-refractivity contribution is 5.70. The van der Waals surface area contributed by atoms with Gasteiger partial charge in [0.05, 0.1) is 17.8 Å². The molecular weight excluding hydrogens is 216 g/mol. The van der Waals surface area contributed by atoms with Crippen molar-refractivity contribution >= 4 is 5.97 Å². The fourth-order valence-electron chi connectivity index (χ4n) is 1.61. The first-order valence-electron chi connectivity index (χ1n) is 5.25. The molecule has 1 N–H and O–H groups in total. The second-order valence-corrected chi connectivity index (χ2v) is 3.83. The number of aliphatic carboxylic acids is 1. The molecule has 1 heterocycles. The van der Waals surface area contributed by atoms with Gasteiger partial charge in [-0.25, -0.2) is 9.97 Å². The van der Waals surface area contributed by atoms with Crippen molar-refractivity contribution in [2.24, 2.45) is 0 Å². The lowest BCUT2D eigenvalue weighted by Gasteiger charge is -2.03. The van der Waals surface area contributed by atoms with Crippen LogP contribution in [0.25, 0.3) is 11.3 Å². The van der Waals surface area contributed by atoms with Gasteiger partial charge in [-0.3, -0.25) is 4.79 Å². The number of carboxylic acids is 1. The van der Waals surface area contributed by atoms with Crippen molar-refractivity contribution < 1.29 is 9.90 Å². The normalized spacial score (nSPS) is 10.2. The largest absolute Gasteiger partial charge is 0.481 e. The van der Waals surface area contributed by atoms with Crippen LogP contribution in [0.3, 0.4) is 0 Å². The standard InChI is InChI=1S/C13H12N2O2/c1-9-3-2-4-10(5-9)12-6-11(7-13(16)17)14-8-15-12/h2-6,8H,7H2,1H3,(H,16,17). The van der Waals surface area contributed by atoms with E-state index in [1.807, 2.05) is 31.2 Å². The van der Waals surface area contributed by atoms with Crippen molar-refractivity contribution in [1.82, 2.24) is 9.97 Å². The minimum Gasteiger partial charge on any atom is -0.481 e. The van der Waals surface area contributed by atoms with Crippen LogP contribution in [-0.4, -0.2) is 21.0 Å². The molecular formula is C13H12N2O2. The third-order valence-corrected chi connectivity index (χ3v) is 2.37. The van der Waals surface area contributed by atoms with E-state index in [0.717, 1.165) is 16.8 Å². The van der Waals surface area contributed by atoms with Crippen molar-refractivity contribution in [2.75, 3.05) is 0 Å². The van der Waals surface area contributed by atoms with Crippen LogP contribution in [0.4, 0.5) is 0 Å². The van der Waals surface area contributed by atoms with E-state index in [2.05, 4.69) is 9.97 Å². The molecule has 0 saturated heterocycles. The molecule has 1 aromatic carbocycles. The quantitative estimate of drug-likeness (QED) is 0.873. The summed E-state index contributed by atoms with van der Waals surface area (Å²) in [5.74, 6) is -0.890. The van der Waals surface area contributed by atoms with Crippen molar-refractivity contribution in [1.29, 1.82) is 0 Å². The number of carboxylic acid groups (broad SMARTS) is 1. The second-order valence-electron chi connectivity index (χ2n) is 3.83. The van der Waals surface area contributed by atoms with Gasteiger partial charge in [-0.05, 0) is 19.1 Å². The van der Waals surface area contributed by atoms with Crippen LogP contribution >= 0.6 is 0 Å². The molecule has 0 spiro atoms. The van der Waals surface area contributed by atoms with E-state index < -0.39 is 5.97 Å². The zero-order valence-electron chi connectivity index (χ0n) is 9.42. The molecule has 4 nitrogen and oxygen atoms in total. The second kappa shape index (κ2) is 4.74. The van der Waals surface area contributed by atoms with Gasteiger partial charge in [0.1, 0.15) is 6.33 Å². The van der Waals surface area contributed by atoms with Crippen LogP contribution in [-0.2, 0) is 11.2 Å². The first-order chi connectivity index (χ1) is 8.15. The number of aromatic nitrogens is 2. The molecule has 0 bridgehead atoms. The molecule has 0 saturated carbocycles. The maximum atomic E-state index is 10.6. The van der Waals surface area contributed by atoms with E-state index in [1.54, 1.807) is 6.07 Å². The Bertz CT molecular complexity index is 553. The van der Waals surface area contributed by atoms with E-state index in [0.29, 0.717) is 5.69 Å². The summed E-state index contributed by atoms with van der Waals surface area (Å²) in [5.41, 5.74) is 3.38. The highest BCUT2D eigenvalue weighted by Crippen LogP contribution is 2.18. The van der Waals surface area contributed by atoms with Gasteiger partial charge in [-0.2, -0.15) is 0 Å². The van der Waals surface area contributed by atoms with E-state index in [-0.39, 0.29) is 6.42 Å². The molecule has 0 atom stereocenters. The van der Waals surface area contributed by atoms with Crippen LogP contribution in [0.1, 0.15) is 11.3 Å². The number of carbonyl (C=O) groups is 1. The third kappa shape index (κ3) is 2.87. The van der Waals surface area contributed by atoms with Crippen molar-refractivity contribution in [3.63, 3.8) is 0 Å². The van der Waals surface area contributed by atoms with Crippen molar-refractivity contribution in [3.05, 3.63) is 47.9 Å². The Kier molecular flexibility index (Phi) is 3.14. The number of benzene rings is 1. The van der Waals surface area contributed by atoms with Gasteiger partial charge in [0, 0.05) is 5.56 Å². The summed E-state index contributed by atoms with van der Waals surface area (Å²) in [7, 11) is 0. The van der Waals surface area contributed by atoms with Gasteiger partial charge in [0.15, 0.2) is 0 Å². The van der Waals surface area contributed by atoms with Crippen LogP contribution in [0.2, 0.25) is 0 Å². The summed E-state index contributed by atoms with van der Waals surface area (Å²) < 4.78 is 0. The molecule has 2 aromatic rings. The summed E-state index contributed by atoms with van der Waals surface area (Å²) in [6.07, 6.45) is 1.32. The monoisotopic (exact) mass is 228 g/mol. The van der Waals surface area contributed by atoms with Gasteiger partial charge in [-0.1, -0.05) is 23.8 Å².